The second kappa shape index (κ2) is 6.19. The minimum atomic E-state index is 0.225. The highest BCUT2D eigenvalue weighted by Crippen LogP contribution is 2.28. The highest BCUT2D eigenvalue weighted by Gasteiger charge is 2.22. The third kappa shape index (κ3) is 3.19. The third-order valence-electron chi connectivity index (χ3n) is 3.98. The molecule has 110 valence electrons. The fourth-order valence-electron chi connectivity index (χ4n) is 2.69. The highest BCUT2D eigenvalue weighted by atomic mass is 16.5. The number of hydrogen-bond donors (Lipinski definition) is 1. The summed E-state index contributed by atoms with van der Waals surface area (Å²) in [5, 5.41) is 3.55. The molecule has 1 aliphatic rings. The van der Waals surface area contributed by atoms with E-state index in [1.54, 1.807) is 7.11 Å². The number of para-hydroxylation sites is 1. The van der Waals surface area contributed by atoms with Gasteiger partial charge in [0, 0.05) is 19.0 Å². The van der Waals surface area contributed by atoms with E-state index in [4.69, 9.17) is 9.47 Å². The van der Waals surface area contributed by atoms with Gasteiger partial charge in [-0.3, -0.25) is 0 Å². The minimum Gasteiger partial charge on any atom is -0.497 e. The summed E-state index contributed by atoms with van der Waals surface area (Å²) in [6.07, 6.45) is 1.21. The summed E-state index contributed by atoms with van der Waals surface area (Å²) in [7, 11) is 1.69. The normalized spacial score (nSPS) is 17.9. The predicted octanol–water partition coefficient (Wildman–Crippen LogP) is 3.35. The smallest absolute Gasteiger partial charge is 0.123 e. The molecule has 2 atom stereocenters. The Labute approximate surface area is 125 Å². The van der Waals surface area contributed by atoms with Crippen molar-refractivity contribution in [1.29, 1.82) is 0 Å². The fraction of sp³-hybridized carbons (Fsp3) is 0.333. The van der Waals surface area contributed by atoms with Crippen molar-refractivity contribution in [3.8, 4) is 11.5 Å². The molecule has 0 saturated carbocycles. The Bertz CT molecular complexity index is 569. The van der Waals surface area contributed by atoms with Crippen molar-refractivity contribution in [3.05, 3.63) is 59.7 Å². The zero-order chi connectivity index (χ0) is 14.7. The average molecular weight is 283 g/mol. The summed E-state index contributed by atoms with van der Waals surface area (Å²) in [5.41, 5.74) is 2.56. The summed E-state index contributed by atoms with van der Waals surface area (Å²) < 4.78 is 11.1. The van der Waals surface area contributed by atoms with Gasteiger partial charge in [0.05, 0.1) is 7.11 Å². The fourth-order valence-corrected chi connectivity index (χ4v) is 2.69. The van der Waals surface area contributed by atoms with Gasteiger partial charge in [0.1, 0.15) is 17.6 Å². The molecular weight excluding hydrogens is 262 g/mol. The second-order valence-corrected chi connectivity index (χ2v) is 5.45. The number of fused-ring (bicyclic) bond motifs is 1. The van der Waals surface area contributed by atoms with Crippen LogP contribution in [0.25, 0.3) is 0 Å². The van der Waals surface area contributed by atoms with E-state index in [0.717, 1.165) is 24.5 Å². The molecule has 0 aromatic heterocycles. The van der Waals surface area contributed by atoms with Crippen LogP contribution in [-0.4, -0.2) is 19.8 Å². The van der Waals surface area contributed by atoms with E-state index < -0.39 is 0 Å². The van der Waals surface area contributed by atoms with Crippen LogP contribution in [0, 0.1) is 0 Å². The molecule has 0 amide bonds. The van der Waals surface area contributed by atoms with Crippen molar-refractivity contribution in [2.24, 2.45) is 0 Å². The van der Waals surface area contributed by atoms with Crippen molar-refractivity contribution < 1.29 is 9.47 Å². The summed E-state index contributed by atoms with van der Waals surface area (Å²) in [5.74, 6) is 1.92. The second-order valence-electron chi connectivity index (χ2n) is 5.45. The highest BCUT2D eigenvalue weighted by molar-refractivity contribution is 5.37. The van der Waals surface area contributed by atoms with Gasteiger partial charge in [-0.05, 0) is 36.2 Å². The Kier molecular flexibility index (Phi) is 4.11. The average Bonchev–Trinajstić information content (AvgIpc) is 2.95. The monoisotopic (exact) mass is 283 g/mol. The van der Waals surface area contributed by atoms with Crippen LogP contribution in [0.4, 0.5) is 0 Å². The van der Waals surface area contributed by atoms with Gasteiger partial charge in [-0.2, -0.15) is 0 Å². The van der Waals surface area contributed by atoms with Gasteiger partial charge in [-0.15, -0.1) is 0 Å². The number of nitrogens with one attached hydrogen (secondary N) is 1. The quantitative estimate of drug-likeness (QED) is 0.913. The first-order valence-electron chi connectivity index (χ1n) is 7.38. The molecule has 0 saturated heterocycles. The summed E-state index contributed by atoms with van der Waals surface area (Å²) in [4.78, 5) is 0. The van der Waals surface area contributed by atoms with Crippen molar-refractivity contribution in [3.63, 3.8) is 0 Å². The van der Waals surface area contributed by atoms with E-state index >= 15 is 0 Å². The first-order chi connectivity index (χ1) is 10.3. The summed E-state index contributed by atoms with van der Waals surface area (Å²) in [6, 6.07) is 16.8. The van der Waals surface area contributed by atoms with E-state index in [1.165, 1.54) is 11.1 Å². The largest absolute Gasteiger partial charge is 0.497 e. The van der Waals surface area contributed by atoms with Crippen molar-refractivity contribution in [2.75, 3.05) is 13.7 Å². The molecule has 0 spiro atoms. The maximum atomic E-state index is 5.95. The van der Waals surface area contributed by atoms with Gasteiger partial charge in [0.15, 0.2) is 0 Å². The molecule has 2 aromatic carbocycles. The van der Waals surface area contributed by atoms with Crippen LogP contribution in [0.3, 0.4) is 0 Å². The molecule has 0 fully saturated rings. The van der Waals surface area contributed by atoms with Crippen LogP contribution in [0.5, 0.6) is 11.5 Å². The summed E-state index contributed by atoms with van der Waals surface area (Å²) in [6.45, 7) is 3.02. The Morgan fingerprint density at radius 3 is 2.67 bits per heavy atom. The van der Waals surface area contributed by atoms with Crippen LogP contribution in [0.1, 0.15) is 24.1 Å². The molecule has 0 aliphatic carbocycles. The first kappa shape index (κ1) is 14.0. The maximum absolute atomic E-state index is 5.95. The lowest BCUT2D eigenvalue weighted by atomic mass is 10.1. The van der Waals surface area contributed by atoms with E-state index in [1.807, 2.05) is 24.3 Å². The Hall–Kier alpha value is -2.00. The van der Waals surface area contributed by atoms with Gasteiger partial charge in [0.25, 0.3) is 0 Å². The molecule has 3 nitrogen and oxygen atoms in total. The molecule has 1 N–H and O–H groups in total. The van der Waals surface area contributed by atoms with Crippen LogP contribution >= 0.6 is 0 Å². The molecule has 21 heavy (non-hydrogen) atoms. The molecule has 1 unspecified atom stereocenters. The SMILES string of the molecule is COc1ccc([C@@H](C)NCC2Cc3ccccc3O2)cc1. The molecule has 0 bridgehead atoms. The number of methoxy groups -OCH3 is 1. The summed E-state index contributed by atoms with van der Waals surface area (Å²) >= 11 is 0. The standard InChI is InChI=1S/C18H21NO2/c1-13(14-7-9-16(20-2)10-8-14)19-12-17-11-15-5-3-4-6-18(15)21-17/h3-10,13,17,19H,11-12H2,1-2H3/t13-,17?/m1/s1. The van der Waals surface area contributed by atoms with Gasteiger partial charge in [0.2, 0.25) is 0 Å². The van der Waals surface area contributed by atoms with Crippen molar-refractivity contribution in [2.45, 2.75) is 25.5 Å². The third-order valence-corrected chi connectivity index (χ3v) is 3.98. The maximum Gasteiger partial charge on any atom is 0.123 e. The molecule has 2 aromatic rings. The zero-order valence-corrected chi connectivity index (χ0v) is 12.5. The van der Waals surface area contributed by atoms with Gasteiger partial charge in [-0.25, -0.2) is 0 Å². The molecular formula is C18H21NO2. The van der Waals surface area contributed by atoms with Crippen molar-refractivity contribution >= 4 is 0 Å². The van der Waals surface area contributed by atoms with E-state index in [9.17, 15) is 0 Å². The van der Waals surface area contributed by atoms with Crippen LogP contribution in [0.15, 0.2) is 48.5 Å². The van der Waals surface area contributed by atoms with E-state index in [0.29, 0.717) is 6.04 Å². The molecule has 0 radical (unpaired) electrons. The predicted molar refractivity (Wildman–Crippen MR) is 84.0 cm³/mol. The lowest BCUT2D eigenvalue weighted by Crippen LogP contribution is -2.31. The molecule has 1 aliphatic heterocycles. The first-order valence-corrected chi connectivity index (χ1v) is 7.38. The van der Waals surface area contributed by atoms with Gasteiger partial charge < -0.3 is 14.8 Å². The van der Waals surface area contributed by atoms with Gasteiger partial charge >= 0.3 is 0 Å². The molecule has 3 rings (SSSR count). The molecule has 1 heterocycles. The van der Waals surface area contributed by atoms with Crippen LogP contribution in [-0.2, 0) is 6.42 Å². The van der Waals surface area contributed by atoms with E-state index in [-0.39, 0.29) is 6.10 Å². The Morgan fingerprint density at radius 1 is 1.19 bits per heavy atom. The van der Waals surface area contributed by atoms with Crippen LogP contribution < -0.4 is 14.8 Å². The lowest BCUT2D eigenvalue weighted by Gasteiger charge is -2.18. The molecule has 3 heteroatoms. The Balaban J connectivity index is 1.53. The number of benzene rings is 2. The number of ether oxygens (including phenoxy) is 2. The van der Waals surface area contributed by atoms with Gasteiger partial charge in [-0.1, -0.05) is 30.3 Å². The van der Waals surface area contributed by atoms with Crippen molar-refractivity contribution in [1.82, 2.24) is 5.32 Å². The number of rotatable bonds is 5. The number of hydrogen-bond acceptors (Lipinski definition) is 3. The Morgan fingerprint density at radius 2 is 1.95 bits per heavy atom. The topological polar surface area (TPSA) is 30.5 Å². The van der Waals surface area contributed by atoms with Crippen LogP contribution in [0.2, 0.25) is 0 Å². The minimum absolute atomic E-state index is 0.225. The van der Waals surface area contributed by atoms with E-state index in [2.05, 4.69) is 36.5 Å². The zero-order valence-electron chi connectivity index (χ0n) is 12.5. The lowest BCUT2D eigenvalue weighted by molar-refractivity contribution is 0.222.